The molecule has 0 spiro atoms. The zero-order valence-corrected chi connectivity index (χ0v) is 41.3. The van der Waals surface area contributed by atoms with E-state index < -0.39 is 0 Å². The molecule has 0 unspecified atom stereocenters. The summed E-state index contributed by atoms with van der Waals surface area (Å²) in [6.07, 6.45) is 2.36. The first-order chi connectivity index (χ1) is 31.2. The SMILES string of the molecule is Cc1cc2c3c(c1)N(c1cccc4oc5ccccc5c14)c1ccc(C(C)(C)C)cc1B3c1cc3c(cc1N2c1cc2c(cc1C)C(C)(C)CCC2(C)C)C(C)(C)c1ccccc1C3(C)C. The third-order valence-electron chi connectivity index (χ3n) is 16.9. The van der Waals surface area contributed by atoms with Crippen LogP contribution >= 0.6 is 0 Å². The van der Waals surface area contributed by atoms with Crippen LogP contribution in [0, 0.1) is 13.8 Å². The molecular weight excluding hydrogens is 800 g/mol. The maximum atomic E-state index is 6.62. The Bertz CT molecular complexity index is 3410. The molecule has 12 rings (SSSR count). The number of anilines is 6. The van der Waals surface area contributed by atoms with Crippen LogP contribution in [0.2, 0.25) is 0 Å². The van der Waals surface area contributed by atoms with Crippen molar-refractivity contribution in [3.63, 3.8) is 0 Å². The van der Waals surface area contributed by atoms with Crippen LogP contribution in [0.3, 0.4) is 0 Å². The van der Waals surface area contributed by atoms with Gasteiger partial charge in [-0.3, -0.25) is 0 Å². The third kappa shape index (κ3) is 5.57. The largest absolute Gasteiger partial charge is 0.456 e. The summed E-state index contributed by atoms with van der Waals surface area (Å²) < 4.78 is 6.62. The molecule has 0 atom stereocenters. The molecule has 0 saturated carbocycles. The molecule has 0 saturated heterocycles. The number of furan rings is 1. The molecule has 1 aromatic heterocycles. The van der Waals surface area contributed by atoms with Gasteiger partial charge in [0, 0.05) is 44.7 Å². The fraction of sp³-hybridized carbons (Fsp3) is 0.323. The number of fused-ring (bicyclic) bond motifs is 10. The average Bonchev–Trinajstić information content (AvgIpc) is 3.66. The predicted molar refractivity (Wildman–Crippen MR) is 282 cm³/mol. The van der Waals surface area contributed by atoms with Gasteiger partial charge in [-0.15, -0.1) is 0 Å². The monoisotopic (exact) mass is 863 g/mol. The second-order valence-corrected chi connectivity index (χ2v) is 23.8. The Morgan fingerprint density at radius 2 is 1.05 bits per heavy atom. The van der Waals surface area contributed by atoms with Gasteiger partial charge in [0.15, 0.2) is 0 Å². The van der Waals surface area contributed by atoms with Crippen molar-refractivity contribution in [1.82, 2.24) is 0 Å². The van der Waals surface area contributed by atoms with Crippen LogP contribution in [0.5, 0.6) is 0 Å². The summed E-state index contributed by atoms with van der Waals surface area (Å²) in [5.74, 6) is 0. The van der Waals surface area contributed by atoms with E-state index >= 15 is 0 Å². The second-order valence-electron chi connectivity index (χ2n) is 23.8. The molecule has 8 aromatic rings. The highest BCUT2D eigenvalue weighted by Gasteiger charge is 2.49. The minimum atomic E-state index is -0.205. The summed E-state index contributed by atoms with van der Waals surface area (Å²) >= 11 is 0. The van der Waals surface area contributed by atoms with E-state index in [0.29, 0.717) is 0 Å². The van der Waals surface area contributed by atoms with E-state index in [2.05, 4.69) is 221 Å². The maximum absolute atomic E-state index is 6.62. The highest BCUT2D eigenvalue weighted by molar-refractivity contribution is 7.00. The van der Waals surface area contributed by atoms with E-state index in [1.54, 1.807) is 0 Å². The summed E-state index contributed by atoms with van der Waals surface area (Å²) in [5.41, 5.74) is 25.7. The zero-order valence-electron chi connectivity index (χ0n) is 41.3. The van der Waals surface area contributed by atoms with Crippen LogP contribution in [-0.2, 0) is 27.1 Å². The van der Waals surface area contributed by atoms with Crippen LogP contribution < -0.4 is 26.2 Å². The minimum Gasteiger partial charge on any atom is -0.456 e. The highest BCUT2D eigenvalue weighted by atomic mass is 16.3. The molecule has 66 heavy (non-hydrogen) atoms. The first-order valence-corrected chi connectivity index (χ1v) is 24.4. The fourth-order valence-corrected chi connectivity index (χ4v) is 13.0. The number of benzene rings is 7. The molecule has 0 bridgehead atoms. The first-order valence-electron chi connectivity index (χ1n) is 24.4. The van der Waals surface area contributed by atoms with Gasteiger partial charge in [0.25, 0.3) is 6.71 Å². The number of rotatable bonds is 2. The smallest absolute Gasteiger partial charge is 0.252 e. The Balaban J connectivity index is 1.23. The van der Waals surface area contributed by atoms with E-state index in [9.17, 15) is 0 Å². The number of aryl methyl sites for hydroxylation is 2. The molecule has 0 radical (unpaired) electrons. The Morgan fingerprint density at radius 1 is 0.485 bits per heavy atom. The lowest BCUT2D eigenvalue weighted by Crippen LogP contribution is -2.62. The van der Waals surface area contributed by atoms with Gasteiger partial charge >= 0.3 is 0 Å². The van der Waals surface area contributed by atoms with Crippen molar-refractivity contribution in [3.05, 3.63) is 171 Å². The van der Waals surface area contributed by atoms with Gasteiger partial charge in [0.1, 0.15) is 11.2 Å². The van der Waals surface area contributed by atoms with Gasteiger partial charge < -0.3 is 14.2 Å². The molecule has 330 valence electrons. The topological polar surface area (TPSA) is 19.6 Å². The van der Waals surface area contributed by atoms with Crippen LogP contribution in [0.15, 0.2) is 126 Å². The molecule has 3 nitrogen and oxygen atoms in total. The molecule has 0 amide bonds. The van der Waals surface area contributed by atoms with Gasteiger partial charge in [-0.25, -0.2) is 0 Å². The number of hydrogen-bond donors (Lipinski definition) is 0. The van der Waals surface area contributed by atoms with Gasteiger partial charge in [-0.05, 0) is 158 Å². The molecule has 4 heteroatoms. The van der Waals surface area contributed by atoms with E-state index in [4.69, 9.17) is 4.42 Å². The summed E-state index contributed by atoms with van der Waals surface area (Å²) in [6.45, 7) is 31.4. The maximum Gasteiger partial charge on any atom is 0.252 e. The van der Waals surface area contributed by atoms with E-state index in [1.165, 1.54) is 108 Å². The van der Waals surface area contributed by atoms with Crippen molar-refractivity contribution in [3.8, 4) is 0 Å². The Labute approximate surface area is 392 Å². The lowest BCUT2D eigenvalue weighted by molar-refractivity contribution is 0.332. The van der Waals surface area contributed by atoms with Crippen molar-refractivity contribution in [1.29, 1.82) is 0 Å². The van der Waals surface area contributed by atoms with E-state index in [-0.39, 0.29) is 33.8 Å². The molecule has 4 aliphatic rings. The summed E-state index contributed by atoms with van der Waals surface area (Å²) in [7, 11) is 0. The number of para-hydroxylation sites is 1. The second kappa shape index (κ2) is 13.3. The lowest BCUT2D eigenvalue weighted by Gasteiger charge is -2.49. The summed E-state index contributed by atoms with van der Waals surface area (Å²) in [4.78, 5) is 5.30. The molecule has 2 aliphatic carbocycles. The summed E-state index contributed by atoms with van der Waals surface area (Å²) in [6, 6.07) is 47.2. The van der Waals surface area contributed by atoms with Crippen LogP contribution in [0.1, 0.15) is 139 Å². The van der Waals surface area contributed by atoms with Gasteiger partial charge in [-0.1, -0.05) is 149 Å². The highest BCUT2D eigenvalue weighted by Crippen LogP contribution is 2.55. The van der Waals surface area contributed by atoms with Crippen LogP contribution in [0.25, 0.3) is 21.9 Å². The Kier molecular flexibility index (Phi) is 8.37. The van der Waals surface area contributed by atoms with Crippen molar-refractivity contribution in [2.75, 3.05) is 9.80 Å². The molecule has 2 aliphatic heterocycles. The number of hydrogen-bond acceptors (Lipinski definition) is 3. The van der Waals surface area contributed by atoms with Gasteiger partial charge in [-0.2, -0.15) is 0 Å². The summed E-state index contributed by atoms with van der Waals surface area (Å²) in [5, 5.41) is 2.28. The predicted octanol–water partition coefficient (Wildman–Crippen LogP) is 14.9. The van der Waals surface area contributed by atoms with E-state index in [1.807, 2.05) is 0 Å². The van der Waals surface area contributed by atoms with E-state index in [0.717, 1.165) is 27.6 Å². The zero-order chi connectivity index (χ0) is 46.2. The first kappa shape index (κ1) is 41.4. The lowest BCUT2D eigenvalue weighted by atomic mass is 9.33. The van der Waals surface area contributed by atoms with Crippen molar-refractivity contribution in [2.45, 2.75) is 130 Å². The normalized spacial score (nSPS) is 18.0. The van der Waals surface area contributed by atoms with Crippen molar-refractivity contribution < 1.29 is 4.42 Å². The molecule has 0 fully saturated rings. The van der Waals surface area contributed by atoms with Gasteiger partial charge in [0.05, 0.1) is 11.1 Å². The third-order valence-corrected chi connectivity index (χ3v) is 16.9. The average molecular weight is 863 g/mol. The Hall–Kier alpha value is -6.00. The molecule has 3 heterocycles. The van der Waals surface area contributed by atoms with Crippen LogP contribution in [0.4, 0.5) is 34.1 Å². The van der Waals surface area contributed by atoms with Crippen molar-refractivity contribution >= 4 is 79.2 Å². The molecular formula is C62H63BN2O. The fourth-order valence-electron chi connectivity index (χ4n) is 13.0. The molecule has 0 N–H and O–H groups in total. The molecule has 7 aromatic carbocycles. The van der Waals surface area contributed by atoms with Crippen molar-refractivity contribution in [2.24, 2.45) is 0 Å². The number of nitrogens with zero attached hydrogens (tertiary/aromatic N) is 2. The standard InChI is InChI=1S/C62H63BN2O/c1-36-29-52-57-53(30-36)65(50-34-43-42(31-37(50)2)59(6,7)27-28-60(43,8)9)51-35-45-44(61(10,11)40-20-15-16-21-41(40)62(45,12)13)33-47(51)63(57)46-32-38(58(3,4)5)25-26-48(46)64(52)49-22-18-24-55-56(49)39-19-14-17-23-54(39)66-55/h14-26,29-35H,27-28H2,1-13H3. The Morgan fingerprint density at radius 3 is 1.71 bits per heavy atom. The van der Waals surface area contributed by atoms with Crippen LogP contribution in [-0.4, -0.2) is 6.71 Å². The van der Waals surface area contributed by atoms with Gasteiger partial charge in [0.2, 0.25) is 0 Å². The minimum absolute atomic E-state index is 0.00890. The quantitative estimate of drug-likeness (QED) is 0.161.